The molecule has 0 atom stereocenters. The lowest BCUT2D eigenvalue weighted by Gasteiger charge is -2.18. The van der Waals surface area contributed by atoms with E-state index >= 15 is 0 Å². The van der Waals surface area contributed by atoms with Gasteiger partial charge in [-0.2, -0.15) is 0 Å². The average Bonchev–Trinajstić information content (AvgIpc) is 3.07. The number of hydrogen-bond acceptors (Lipinski definition) is 5. The molecule has 29 heavy (non-hydrogen) atoms. The molecule has 0 radical (unpaired) electrons. The van der Waals surface area contributed by atoms with Crippen LogP contribution in [0.25, 0.3) is 0 Å². The van der Waals surface area contributed by atoms with E-state index in [1.807, 2.05) is 31.1 Å². The lowest BCUT2D eigenvalue weighted by molar-refractivity contribution is 0.104. The van der Waals surface area contributed by atoms with Crippen molar-refractivity contribution in [2.24, 2.45) is 0 Å². The predicted molar refractivity (Wildman–Crippen MR) is 118 cm³/mol. The molecule has 0 spiro atoms. The standard InChI is InChI=1S/C22H24Cl2N2O3/c1-25(2)10-11-29-22-14-19-15(12-21(22)28-3)6-8-26(19)9-7-20(27)17-5-4-16(23)13-18(17)24/h4-5,7,9,12-14H,6,8,10-11H2,1-3H3. The molecule has 0 saturated carbocycles. The highest BCUT2D eigenvalue weighted by Crippen LogP contribution is 2.39. The van der Waals surface area contributed by atoms with Gasteiger partial charge in [0.05, 0.1) is 12.1 Å². The highest BCUT2D eigenvalue weighted by atomic mass is 35.5. The molecule has 3 rings (SSSR count). The lowest BCUT2D eigenvalue weighted by Crippen LogP contribution is -2.19. The molecule has 1 aliphatic rings. The normalized spacial score (nSPS) is 13.2. The second kappa shape index (κ2) is 9.53. The summed E-state index contributed by atoms with van der Waals surface area (Å²) in [6, 6.07) is 8.84. The van der Waals surface area contributed by atoms with E-state index in [1.54, 1.807) is 31.5 Å². The zero-order chi connectivity index (χ0) is 21.0. The number of benzene rings is 2. The van der Waals surface area contributed by atoms with E-state index in [0.717, 1.165) is 36.5 Å². The van der Waals surface area contributed by atoms with Crippen LogP contribution in [0.1, 0.15) is 15.9 Å². The van der Waals surface area contributed by atoms with Crippen molar-refractivity contribution in [3.05, 3.63) is 63.8 Å². The first-order chi connectivity index (χ1) is 13.9. The van der Waals surface area contributed by atoms with Gasteiger partial charge in [0.25, 0.3) is 0 Å². The highest BCUT2D eigenvalue weighted by molar-refractivity contribution is 6.37. The molecular formula is C22H24Cl2N2O3. The minimum absolute atomic E-state index is 0.170. The fourth-order valence-electron chi connectivity index (χ4n) is 3.12. The Bertz CT molecular complexity index is 929. The number of methoxy groups -OCH3 is 1. The van der Waals surface area contributed by atoms with Crippen molar-refractivity contribution in [1.82, 2.24) is 4.90 Å². The van der Waals surface area contributed by atoms with E-state index in [4.69, 9.17) is 32.7 Å². The number of halogens is 2. The van der Waals surface area contributed by atoms with Crippen molar-refractivity contribution >= 4 is 34.7 Å². The Morgan fingerprint density at radius 2 is 2.00 bits per heavy atom. The number of nitrogens with zero attached hydrogens (tertiary/aromatic N) is 2. The van der Waals surface area contributed by atoms with Crippen LogP contribution in [0.5, 0.6) is 11.5 Å². The molecule has 1 aliphatic heterocycles. The molecule has 2 aromatic carbocycles. The molecule has 0 N–H and O–H groups in total. The summed E-state index contributed by atoms with van der Waals surface area (Å²) >= 11 is 12.0. The van der Waals surface area contributed by atoms with Gasteiger partial charge >= 0.3 is 0 Å². The number of allylic oxidation sites excluding steroid dienone is 1. The molecule has 1 heterocycles. The van der Waals surface area contributed by atoms with Gasteiger partial charge in [-0.3, -0.25) is 4.79 Å². The monoisotopic (exact) mass is 434 g/mol. The summed E-state index contributed by atoms with van der Waals surface area (Å²) in [6.45, 7) is 2.14. The van der Waals surface area contributed by atoms with E-state index in [-0.39, 0.29) is 5.78 Å². The Morgan fingerprint density at radius 1 is 1.21 bits per heavy atom. The minimum atomic E-state index is -0.170. The van der Waals surface area contributed by atoms with Crippen LogP contribution in [0.4, 0.5) is 5.69 Å². The van der Waals surface area contributed by atoms with Crippen molar-refractivity contribution in [2.75, 3.05) is 45.8 Å². The van der Waals surface area contributed by atoms with Crippen LogP contribution in [-0.2, 0) is 6.42 Å². The smallest absolute Gasteiger partial charge is 0.188 e. The van der Waals surface area contributed by atoms with Gasteiger partial charge in [0, 0.05) is 47.7 Å². The maximum Gasteiger partial charge on any atom is 0.188 e. The summed E-state index contributed by atoms with van der Waals surface area (Å²) in [7, 11) is 5.64. The second-order valence-corrected chi connectivity index (χ2v) is 7.87. The fourth-order valence-corrected chi connectivity index (χ4v) is 3.62. The van der Waals surface area contributed by atoms with E-state index in [9.17, 15) is 4.79 Å². The van der Waals surface area contributed by atoms with Crippen LogP contribution in [0, 0.1) is 0 Å². The second-order valence-electron chi connectivity index (χ2n) is 7.03. The van der Waals surface area contributed by atoms with Crippen LogP contribution >= 0.6 is 23.2 Å². The zero-order valence-electron chi connectivity index (χ0n) is 16.7. The first-order valence-corrected chi connectivity index (χ1v) is 10.1. The quantitative estimate of drug-likeness (QED) is 0.444. The first kappa shape index (κ1) is 21.5. The molecule has 0 bridgehead atoms. The Balaban J connectivity index is 1.78. The Hall–Kier alpha value is -2.21. The van der Waals surface area contributed by atoms with Gasteiger partial charge < -0.3 is 19.3 Å². The molecule has 2 aromatic rings. The number of anilines is 1. The van der Waals surface area contributed by atoms with Crippen molar-refractivity contribution in [3.8, 4) is 11.5 Å². The minimum Gasteiger partial charge on any atom is -0.493 e. The molecule has 0 fully saturated rings. The lowest BCUT2D eigenvalue weighted by atomic mass is 10.1. The molecule has 0 aliphatic carbocycles. The third-order valence-electron chi connectivity index (χ3n) is 4.69. The summed E-state index contributed by atoms with van der Waals surface area (Å²) in [6.07, 6.45) is 4.18. The number of ketones is 1. The third-order valence-corrected chi connectivity index (χ3v) is 5.24. The number of fused-ring (bicyclic) bond motifs is 1. The average molecular weight is 435 g/mol. The fraction of sp³-hybridized carbons (Fsp3) is 0.318. The van der Waals surface area contributed by atoms with E-state index < -0.39 is 0 Å². The molecule has 0 aromatic heterocycles. The van der Waals surface area contributed by atoms with Gasteiger partial charge in [0.2, 0.25) is 0 Å². The van der Waals surface area contributed by atoms with Crippen molar-refractivity contribution in [2.45, 2.75) is 6.42 Å². The molecular weight excluding hydrogens is 411 g/mol. The number of rotatable bonds is 8. The van der Waals surface area contributed by atoms with Gasteiger partial charge in [-0.15, -0.1) is 0 Å². The summed E-state index contributed by atoms with van der Waals surface area (Å²) < 4.78 is 11.4. The molecule has 154 valence electrons. The molecule has 0 saturated heterocycles. The van der Waals surface area contributed by atoms with E-state index in [1.165, 1.54) is 6.08 Å². The van der Waals surface area contributed by atoms with E-state index in [2.05, 4.69) is 4.90 Å². The Morgan fingerprint density at radius 3 is 2.69 bits per heavy atom. The van der Waals surface area contributed by atoms with Crippen LogP contribution < -0.4 is 14.4 Å². The van der Waals surface area contributed by atoms with Crippen LogP contribution in [0.15, 0.2) is 42.6 Å². The first-order valence-electron chi connectivity index (χ1n) is 9.31. The number of likely N-dealkylation sites (N-methyl/N-ethyl adjacent to an activating group) is 1. The SMILES string of the molecule is COc1cc2c(cc1OCCN(C)C)N(C=CC(=O)c1ccc(Cl)cc1Cl)CC2. The largest absolute Gasteiger partial charge is 0.493 e. The number of ether oxygens (including phenoxy) is 2. The molecule has 0 amide bonds. The van der Waals surface area contributed by atoms with Crippen LogP contribution in [0.2, 0.25) is 10.0 Å². The summed E-state index contributed by atoms with van der Waals surface area (Å²) in [5, 5.41) is 0.843. The van der Waals surface area contributed by atoms with Gasteiger partial charge in [0.1, 0.15) is 6.61 Å². The van der Waals surface area contributed by atoms with Crippen LogP contribution in [0.3, 0.4) is 0 Å². The van der Waals surface area contributed by atoms with E-state index in [0.29, 0.717) is 28.0 Å². The van der Waals surface area contributed by atoms with Gasteiger partial charge in [0.15, 0.2) is 17.3 Å². The third kappa shape index (κ3) is 5.24. The Kier molecular flexibility index (Phi) is 7.06. The van der Waals surface area contributed by atoms with Gasteiger partial charge in [-0.25, -0.2) is 0 Å². The number of carbonyl (C=O) groups excluding carboxylic acids is 1. The predicted octanol–water partition coefficient (Wildman–Crippen LogP) is 4.70. The van der Waals surface area contributed by atoms with Crippen molar-refractivity contribution in [1.29, 1.82) is 0 Å². The molecule has 0 unspecified atom stereocenters. The highest BCUT2D eigenvalue weighted by Gasteiger charge is 2.21. The molecule has 7 heteroatoms. The van der Waals surface area contributed by atoms with Crippen LogP contribution in [-0.4, -0.2) is 51.6 Å². The molecule has 5 nitrogen and oxygen atoms in total. The van der Waals surface area contributed by atoms with Gasteiger partial charge in [-0.1, -0.05) is 23.2 Å². The van der Waals surface area contributed by atoms with Crippen molar-refractivity contribution in [3.63, 3.8) is 0 Å². The summed E-state index contributed by atoms with van der Waals surface area (Å²) in [5.41, 5.74) is 2.59. The van der Waals surface area contributed by atoms with Crippen molar-refractivity contribution < 1.29 is 14.3 Å². The maximum absolute atomic E-state index is 12.5. The number of hydrogen-bond donors (Lipinski definition) is 0. The summed E-state index contributed by atoms with van der Waals surface area (Å²) in [5.74, 6) is 1.24. The summed E-state index contributed by atoms with van der Waals surface area (Å²) in [4.78, 5) is 16.6. The maximum atomic E-state index is 12.5. The number of carbonyl (C=O) groups is 1. The topological polar surface area (TPSA) is 42.0 Å². The Labute approximate surface area is 181 Å². The zero-order valence-corrected chi connectivity index (χ0v) is 18.3. The van der Waals surface area contributed by atoms with Gasteiger partial charge in [-0.05, 0) is 50.3 Å².